The third kappa shape index (κ3) is 1.92. The molecule has 0 amide bonds. The number of alkyl halides is 1. The van der Waals surface area contributed by atoms with Crippen LogP contribution in [0.2, 0.25) is 0 Å². The molecule has 1 aromatic carbocycles. The summed E-state index contributed by atoms with van der Waals surface area (Å²) < 4.78 is 0. The summed E-state index contributed by atoms with van der Waals surface area (Å²) in [5.41, 5.74) is 4.66. The van der Waals surface area contributed by atoms with Gasteiger partial charge in [-0.25, -0.2) is 0 Å². The Morgan fingerprint density at radius 1 is 1.33 bits per heavy atom. The highest BCUT2D eigenvalue weighted by atomic mass is 35.5. The van der Waals surface area contributed by atoms with Crippen molar-refractivity contribution in [1.82, 2.24) is 0 Å². The quantitative estimate of drug-likeness (QED) is 0.620. The van der Waals surface area contributed by atoms with Crippen LogP contribution in [-0.2, 0) is 5.41 Å². The molecule has 0 aromatic heterocycles. The molecule has 0 spiro atoms. The van der Waals surface area contributed by atoms with Crippen molar-refractivity contribution < 1.29 is 0 Å². The van der Waals surface area contributed by atoms with Crippen LogP contribution in [0.25, 0.3) is 0 Å². The van der Waals surface area contributed by atoms with Gasteiger partial charge in [0, 0.05) is 5.38 Å². The molecule has 0 nitrogen and oxygen atoms in total. The van der Waals surface area contributed by atoms with Gasteiger partial charge in [0.05, 0.1) is 0 Å². The maximum Gasteiger partial charge on any atom is 0.0344 e. The third-order valence-corrected chi connectivity index (χ3v) is 4.31. The van der Waals surface area contributed by atoms with Crippen molar-refractivity contribution in [2.24, 2.45) is 0 Å². The highest BCUT2D eigenvalue weighted by Gasteiger charge is 2.36. The van der Waals surface area contributed by atoms with Gasteiger partial charge in [-0.1, -0.05) is 25.1 Å². The maximum atomic E-state index is 6.24. The predicted molar refractivity (Wildman–Crippen MR) is 66.8 cm³/mol. The smallest absolute Gasteiger partial charge is 0.0344 e. The minimum absolute atomic E-state index is 0.308. The van der Waals surface area contributed by atoms with Gasteiger partial charge in [0.1, 0.15) is 0 Å². The topological polar surface area (TPSA) is 0 Å². The van der Waals surface area contributed by atoms with Crippen molar-refractivity contribution in [2.45, 2.75) is 50.8 Å². The molecule has 1 aromatic rings. The molecule has 1 saturated carbocycles. The van der Waals surface area contributed by atoms with Crippen LogP contribution in [0.4, 0.5) is 0 Å². The summed E-state index contributed by atoms with van der Waals surface area (Å²) >= 11 is 6.24. The zero-order valence-electron chi connectivity index (χ0n) is 9.81. The lowest BCUT2D eigenvalue weighted by molar-refractivity contribution is 0.489. The zero-order valence-corrected chi connectivity index (χ0v) is 10.6. The second kappa shape index (κ2) is 3.83. The van der Waals surface area contributed by atoms with Gasteiger partial charge >= 0.3 is 0 Å². The highest BCUT2D eigenvalue weighted by molar-refractivity contribution is 6.20. The van der Waals surface area contributed by atoms with Gasteiger partial charge in [-0.2, -0.15) is 0 Å². The molecule has 0 heterocycles. The fraction of sp³-hybridized carbons (Fsp3) is 0.571. The van der Waals surface area contributed by atoms with Gasteiger partial charge in [0.2, 0.25) is 0 Å². The number of halogens is 1. The van der Waals surface area contributed by atoms with E-state index in [1.807, 2.05) is 0 Å². The predicted octanol–water partition coefficient (Wildman–Crippen LogP) is 4.35. The average Bonchev–Trinajstić information content (AvgIpc) is 2.52. The summed E-state index contributed by atoms with van der Waals surface area (Å²) in [5, 5.41) is 0.370. The summed E-state index contributed by atoms with van der Waals surface area (Å²) in [6.07, 6.45) is 3.51. The first-order chi connectivity index (χ1) is 7.03. The highest BCUT2D eigenvalue weighted by Crippen LogP contribution is 2.44. The summed E-state index contributed by atoms with van der Waals surface area (Å²) in [6.45, 7) is 6.78. The second-order valence-electron chi connectivity index (χ2n) is 5.15. The van der Waals surface area contributed by atoms with Gasteiger partial charge in [0.25, 0.3) is 0 Å². The Bertz CT molecular complexity index is 370. The van der Waals surface area contributed by atoms with E-state index in [9.17, 15) is 0 Å². The molecule has 1 aliphatic carbocycles. The Morgan fingerprint density at radius 2 is 2.07 bits per heavy atom. The molecule has 82 valence electrons. The lowest BCUT2D eigenvalue weighted by Gasteiger charge is -2.27. The molecule has 1 aliphatic rings. The largest absolute Gasteiger partial charge is 0.123 e. The molecule has 15 heavy (non-hydrogen) atoms. The summed E-state index contributed by atoms with van der Waals surface area (Å²) in [6, 6.07) is 6.64. The van der Waals surface area contributed by atoms with Gasteiger partial charge < -0.3 is 0 Å². The van der Waals surface area contributed by atoms with E-state index in [4.69, 9.17) is 11.6 Å². The summed E-state index contributed by atoms with van der Waals surface area (Å²) in [4.78, 5) is 0. The van der Waals surface area contributed by atoms with Gasteiger partial charge in [-0.05, 0) is 55.2 Å². The Labute approximate surface area is 97.6 Å². The molecular formula is C14H19Cl. The van der Waals surface area contributed by atoms with Crippen molar-refractivity contribution in [3.8, 4) is 0 Å². The molecule has 2 atom stereocenters. The van der Waals surface area contributed by atoms with Crippen LogP contribution >= 0.6 is 11.6 Å². The van der Waals surface area contributed by atoms with Gasteiger partial charge in [0.15, 0.2) is 0 Å². The van der Waals surface area contributed by atoms with E-state index in [1.165, 1.54) is 23.1 Å². The van der Waals surface area contributed by atoms with Crippen LogP contribution < -0.4 is 0 Å². The average molecular weight is 223 g/mol. The number of rotatable bonds is 1. The van der Waals surface area contributed by atoms with E-state index in [2.05, 4.69) is 39.0 Å². The van der Waals surface area contributed by atoms with Crippen LogP contribution in [0, 0.1) is 13.8 Å². The molecule has 1 heteroatoms. The van der Waals surface area contributed by atoms with Crippen molar-refractivity contribution in [3.63, 3.8) is 0 Å². The van der Waals surface area contributed by atoms with Crippen LogP contribution in [0.5, 0.6) is 0 Å². The summed E-state index contributed by atoms with van der Waals surface area (Å²) in [5.74, 6) is 0. The normalized spacial score (nSPS) is 30.8. The minimum atomic E-state index is 0.308. The Morgan fingerprint density at radius 3 is 2.67 bits per heavy atom. The molecule has 0 aliphatic heterocycles. The van der Waals surface area contributed by atoms with E-state index < -0.39 is 0 Å². The van der Waals surface area contributed by atoms with Crippen molar-refractivity contribution in [2.75, 3.05) is 0 Å². The molecule has 2 rings (SSSR count). The van der Waals surface area contributed by atoms with Gasteiger partial charge in [-0.3, -0.25) is 0 Å². The van der Waals surface area contributed by atoms with E-state index in [0.29, 0.717) is 10.8 Å². The second-order valence-corrected chi connectivity index (χ2v) is 5.77. The summed E-state index contributed by atoms with van der Waals surface area (Å²) in [7, 11) is 0. The first-order valence-corrected chi connectivity index (χ1v) is 6.17. The molecule has 0 saturated heterocycles. The number of hydrogen-bond acceptors (Lipinski definition) is 0. The maximum absolute atomic E-state index is 6.24. The minimum Gasteiger partial charge on any atom is -0.123 e. The lowest BCUT2D eigenvalue weighted by atomic mass is 9.78. The van der Waals surface area contributed by atoms with Crippen LogP contribution in [0.3, 0.4) is 0 Å². The van der Waals surface area contributed by atoms with E-state index in [0.717, 1.165) is 12.8 Å². The lowest BCUT2D eigenvalue weighted by Crippen LogP contribution is -2.19. The Hall–Kier alpha value is -0.490. The first-order valence-electron chi connectivity index (χ1n) is 5.74. The van der Waals surface area contributed by atoms with Crippen LogP contribution in [0.1, 0.15) is 42.9 Å². The fourth-order valence-corrected chi connectivity index (χ4v) is 3.27. The molecular weight excluding hydrogens is 204 g/mol. The van der Waals surface area contributed by atoms with Crippen LogP contribution in [-0.4, -0.2) is 5.38 Å². The van der Waals surface area contributed by atoms with Crippen molar-refractivity contribution in [3.05, 3.63) is 34.9 Å². The standard InChI is InChI=1S/C14H19Cl/c1-10-5-4-6-13(11(10)2)14(3)8-7-12(15)9-14/h4-6,12H,7-9H2,1-3H3. The molecule has 0 N–H and O–H groups in total. The molecule has 0 bridgehead atoms. The van der Waals surface area contributed by atoms with E-state index in [1.54, 1.807) is 0 Å². The molecule has 0 radical (unpaired) electrons. The third-order valence-electron chi connectivity index (χ3n) is 3.94. The number of benzene rings is 1. The van der Waals surface area contributed by atoms with Crippen molar-refractivity contribution in [1.29, 1.82) is 0 Å². The molecule has 1 fully saturated rings. The van der Waals surface area contributed by atoms with Crippen molar-refractivity contribution >= 4 is 11.6 Å². The number of aryl methyl sites for hydroxylation is 1. The monoisotopic (exact) mass is 222 g/mol. The first kappa shape index (κ1) is 11.0. The fourth-order valence-electron chi connectivity index (χ4n) is 2.82. The Balaban J connectivity index is 2.41. The van der Waals surface area contributed by atoms with Gasteiger partial charge in [-0.15, -0.1) is 11.6 Å². The van der Waals surface area contributed by atoms with Crippen LogP contribution in [0.15, 0.2) is 18.2 Å². The SMILES string of the molecule is Cc1cccc(C2(C)CCC(Cl)C2)c1C. The van der Waals surface area contributed by atoms with E-state index >= 15 is 0 Å². The number of hydrogen-bond donors (Lipinski definition) is 0. The molecule has 2 unspecified atom stereocenters. The van der Waals surface area contributed by atoms with E-state index in [-0.39, 0.29) is 0 Å². The Kier molecular flexibility index (Phi) is 2.81. The zero-order chi connectivity index (χ0) is 11.1.